The molecular formula is C14H13F4N3O2S. The van der Waals surface area contributed by atoms with Gasteiger partial charge in [0, 0.05) is 18.1 Å². The van der Waals surface area contributed by atoms with Crippen molar-refractivity contribution in [3.8, 4) is 11.4 Å². The quantitative estimate of drug-likeness (QED) is 0.739. The third kappa shape index (κ3) is 3.86. The summed E-state index contributed by atoms with van der Waals surface area (Å²) in [5.74, 6) is -4.02. The molecule has 0 spiro atoms. The highest BCUT2D eigenvalue weighted by atomic mass is 32.2. The van der Waals surface area contributed by atoms with Gasteiger partial charge in [-0.25, -0.2) is 13.6 Å². The number of alkyl halides is 4. The number of nitrogens with zero attached hydrogens (tertiary/aromatic N) is 3. The summed E-state index contributed by atoms with van der Waals surface area (Å²) >= 11 is 0. The summed E-state index contributed by atoms with van der Waals surface area (Å²) in [6.07, 6.45) is -1.54. The summed E-state index contributed by atoms with van der Waals surface area (Å²) in [4.78, 5) is 19.8. The molecule has 10 heteroatoms. The lowest BCUT2D eigenvalue weighted by molar-refractivity contribution is -0.138. The van der Waals surface area contributed by atoms with Crippen LogP contribution < -0.4 is 5.69 Å². The fourth-order valence-electron chi connectivity index (χ4n) is 1.90. The van der Waals surface area contributed by atoms with Crippen LogP contribution in [-0.4, -0.2) is 36.8 Å². The lowest BCUT2D eigenvalue weighted by Crippen LogP contribution is -2.37. The molecule has 1 unspecified atom stereocenters. The van der Waals surface area contributed by atoms with E-state index in [0.717, 1.165) is 6.20 Å². The van der Waals surface area contributed by atoms with Crippen LogP contribution in [0.2, 0.25) is 0 Å². The van der Waals surface area contributed by atoms with Crippen molar-refractivity contribution in [2.45, 2.75) is 30.7 Å². The molecule has 0 N–H and O–H groups in total. The van der Waals surface area contributed by atoms with Crippen molar-refractivity contribution in [2.24, 2.45) is 0 Å². The van der Waals surface area contributed by atoms with E-state index >= 15 is 0 Å². The minimum atomic E-state index is -4.34. The molecular weight excluding hydrogens is 350 g/mol. The number of halogens is 4. The van der Waals surface area contributed by atoms with Gasteiger partial charge in [-0.1, -0.05) is 6.92 Å². The molecule has 0 radical (unpaired) electrons. The predicted octanol–water partition coefficient (Wildman–Crippen LogP) is 2.33. The molecule has 0 bridgehead atoms. The third-order valence-corrected chi connectivity index (χ3v) is 4.44. The molecule has 0 aliphatic carbocycles. The zero-order valence-corrected chi connectivity index (χ0v) is 13.3. The Morgan fingerprint density at radius 3 is 2.62 bits per heavy atom. The van der Waals surface area contributed by atoms with Crippen molar-refractivity contribution in [1.82, 2.24) is 14.5 Å². The van der Waals surface area contributed by atoms with Crippen molar-refractivity contribution in [2.75, 3.05) is 5.75 Å². The monoisotopic (exact) mass is 363 g/mol. The van der Waals surface area contributed by atoms with Gasteiger partial charge in [-0.05, 0) is 18.2 Å². The summed E-state index contributed by atoms with van der Waals surface area (Å²) in [5.41, 5.74) is -0.900. The van der Waals surface area contributed by atoms with Crippen molar-refractivity contribution < 1.29 is 21.8 Å². The van der Waals surface area contributed by atoms with Crippen LogP contribution in [0.3, 0.4) is 0 Å². The first-order valence-electron chi connectivity index (χ1n) is 6.83. The fourth-order valence-corrected chi connectivity index (χ4v) is 2.81. The summed E-state index contributed by atoms with van der Waals surface area (Å²) in [6, 6.07) is 4.32. The van der Waals surface area contributed by atoms with Crippen LogP contribution in [0, 0.1) is 0 Å². The lowest BCUT2D eigenvalue weighted by Gasteiger charge is -2.16. The van der Waals surface area contributed by atoms with Gasteiger partial charge in [0.15, 0.2) is 0 Å². The standard InChI is InChI=1S/C14H13F4N3O2S/c1-2-24(23)10-4-3-6-19-11(10)9-5-7-21(13(22)20-9)8-14(17,18)12(15)16/h3-7,12H,2,8H2,1H3. The fraction of sp³-hybridized carbons (Fsp3) is 0.357. The number of hydrogen-bond donors (Lipinski definition) is 0. The SMILES string of the molecule is CCS(=O)c1cccnc1-c1ccn(CC(F)(F)C(F)F)c(=O)n1. The van der Waals surface area contributed by atoms with E-state index < -0.39 is 35.4 Å². The van der Waals surface area contributed by atoms with Crippen LogP contribution in [0.15, 0.2) is 40.3 Å². The maximum absolute atomic E-state index is 13.1. The van der Waals surface area contributed by atoms with E-state index in [1.165, 1.54) is 12.3 Å². The molecule has 24 heavy (non-hydrogen) atoms. The molecule has 2 aromatic heterocycles. The smallest absolute Gasteiger partial charge is 0.293 e. The Kier molecular flexibility index (Phi) is 5.47. The van der Waals surface area contributed by atoms with Gasteiger partial charge in [0.05, 0.1) is 27.9 Å². The zero-order valence-electron chi connectivity index (χ0n) is 12.5. The minimum absolute atomic E-state index is 0.0361. The third-order valence-electron chi connectivity index (χ3n) is 3.10. The topological polar surface area (TPSA) is 64.8 Å². The molecule has 0 aliphatic heterocycles. The lowest BCUT2D eigenvalue weighted by atomic mass is 10.2. The molecule has 1 atom stereocenters. The van der Waals surface area contributed by atoms with Crippen LogP contribution in [0.5, 0.6) is 0 Å². The Hall–Kier alpha value is -2.10. The van der Waals surface area contributed by atoms with E-state index in [4.69, 9.17) is 0 Å². The summed E-state index contributed by atoms with van der Waals surface area (Å²) in [7, 11) is -1.37. The molecule has 0 amide bonds. The second-order valence-electron chi connectivity index (χ2n) is 4.77. The molecule has 0 aliphatic rings. The average Bonchev–Trinajstić information content (AvgIpc) is 2.55. The van der Waals surface area contributed by atoms with E-state index in [2.05, 4.69) is 9.97 Å². The highest BCUT2D eigenvalue weighted by Crippen LogP contribution is 2.25. The number of rotatable bonds is 6. The summed E-state index contributed by atoms with van der Waals surface area (Å²) in [5, 5.41) is 0. The van der Waals surface area contributed by atoms with Gasteiger partial charge in [-0.3, -0.25) is 13.8 Å². The molecule has 0 saturated carbocycles. The molecule has 5 nitrogen and oxygen atoms in total. The number of pyridine rings is 1. The Morgan fingerprint density at radius 2 is 2.04 bits per heavy atom. The first-order chi connectivity index (χ1) is 11.3. The van der Waals surface area contributed by atoms with Gasteiger partial charge in [0.2, 0.25) is 0 Å². The van der Waals surface area contributed by atoms with Gasteiger partial charge in [-0.2, -0.15) is 13.8 Å². The first kappa shape index (κ1) is 18.2. The second-order valence-corrected chi connectivity index (χ2v) is 6.48. The van der Waals surface area contributed by atoms with Crippen LogP contribution in [0.1, 0.15) is 6.92 Å². The first-order valence-corrected chi connectivity index (χ1v) is 8.15. The van der Waals surface area contributed by atoms with Crippen molar-refractivity contribution in [3.63, 3.8) is 0 Å². The maximum Gasteiger partial charge on any atom is 0.348 e. The average molecular weight is 363 g/mol. The van der Waals surface area contributed by atoms with Crippen LogP contribution in [0.25, 0.3) is 11.4 Å². The summed E-state index contributed by atoms with van der Waals surface area (Å²) in [6.45, 7) is 0.220. The van der Waals surface area contributed by atoms with Crippen LogP contribution in [0.4, 0.5) is 17.6 Å². The van der Waals surface area contributed by atoms with E-state index in [9.17, 15) is 26.6 Å². The van der Waals surface area contributed by atoms with E-state index in [0.29, 0.717) is 15.2 Å². The summed E-state index contributed by atoms with van der Waals surface area (Å²) < 4.78 is 63.0. The molecule has 130 valence electrons. The van der Waals surface area contributed by atoms with Crippen molar-refractivity contribution >= 4 is 10.8 Å². The Morgan fingerprint density at radius 1 is 1.33 bits per heavy atom. The van der Waals surface area contributed by atoms with Gasteiger partial charge < -0.3 is 0 Å². The highest BCUT2D eigenvalue weighted by molar-refractivity contribution is 7.85. The Bertz CT molecular complexity index is 811. The zero-order chi connectivity index (χ0) is 17.9. The van der Waals surface area contributed by atoms with Crippen LogP contribution in [-0.2, 0) is 17.3 Å². The van der Waals surface area contributed by atoms with Gasteiger partial charge in [0.1, 0.15) is 5.69 Å². The van der Waals surface area contributed by atoms with Crippen molar-refractivity contribution in [1.29, 1.82) is 0 Å². The molecule has 2 aromatic rings. The second kappa shape index (κ2) is 7.20. The largest absolute Gasteiger partial charge is 0.348 e. The Balaban J connectivity index is 2.42. The minimum Gasteiger partial charge on any atom is -0.293 e. The molecule has 2 heterocycles. The predicted molar refractivity (Wildman–Crippen MR) is 79.6 cm³/mol. The molecule has 2 rings (SSSR count). The van der Waals surface area contributed by atoms with Crippen molar-refractivity contribution in [3.05, 3.63) is 41.1 Å². The van der Waals surface area contributed by atoms with Gasteiger partial charge in [0.25, 0.3) is 0 Å². The normalized spacial score (nSPS) is 13.2. The van der Waals surface area contributed by atoms with Crippen LogP contribution >= 0.6 is 0 Å². The molecule has 0 saturated heterocycles. The van der Waals surface area contributed by atoms with E-state index in [1.54, 1.807) is 19.1 Å². The van der Waals surface area contributed by atoms with Gasteiger partial charge >= 0.3 is 18.0 Å². The maximum atomic E-state index is 13.1. The number of hydrogen-bond acceptors (Lipinski definition) is 4. The Labute approximate surface area is 136 Å². The number of aromatic nitrogens is 3. The van der Waals surface area contributed by atoms with Gasteiger partial charge in [-0.15, -0.1) is 0 Å². The molecule has 0 fully saturated rings. The van der Waals surface area contributed by atoms with E-state index in [1.807, 2.05) is 0 Å². The molecule has 0 aromatic carbocycles. The van der Waals surface area contributed by atoms with E-state index in [-0.39, 0.29) is 11.4 Å². The highest BCUT2D eigenvalue weighted by Gasteiger charge is 2.41.